The van der Waals surface area contributed by atoms with Crippen molar-refractivity contribution in [3.63, 3.8) is 0 Å². The standard InChI is InChI=1S/C20H15F3N2O3/c1-12-15(14-7-8-16(24-9-14)20(21,22)23)10-25-17(19(26)27)18(12)28-11-13-5-3-2-4-6-13/h2-10H,11H2,1H3,(H,26,27). The van der Waals surface area contributed by atoms with Gasteiger partial charge in [0.25, 0.3) is 0 Å². The maximum Gasteiger partial charge on any atom is 0.433 e. The first kappa shape index (κ1) is 19.3. The SMILES string of the molecule is Cc1c(-c2ccc(C(F)(F)F)nc2)cnc(C(=O)O)c1OCc1ccccc1. The smallest absolute Gasteiger partial charge is 0.433 e. The predicted octanol–water partition coefficient (Wildman–Crippen LogP) is 4.75. The van der Waals surface area contributed by atoms with Gasteiger partial charge in [-0.25, -0.2) is 9.78 Å². The Labute approximate surface area is 158 Å². The number of carboxylic acids is 1. The number of aromatic nitrogens is 2. The minimum atomic E-state index is -4.54. The number of halogens is 3. The van der Waals surface area contributed by atoms with Gasteiger partial charge in [0, 0.05) is 29.1 Å². The molecule has 3 rings (SSSR count). The molecule has 0 saturated carbocycles. The van der Waals surface area contributed by atoms with Crippen molar-refractivity contribution in [1.82, 2.24) is 9.97 Å². The van der Waals surface area contributed by atoms with Gasteiger partial charge in [-0.05, 0) is 18.6 Å². The van der Waals surface area contributed by atoms with Gasteiger partial charge in [-0.3, -0.25) is 4.98 Å². The summed E-state index contributed by atoms with van der Waals surface area (Å²) in [5.74, 6) is -1.20. The summed E-state index contributed by atoms with van der Waals surface area (Å²) < 4.78 is 43.8. The Kier molecular flexibility index (Phi) is 5.30. The second kappa shape index (κ2) is 7.67. The van der Waals surface area contributed by atoms with Gasteiger partial charge in [0.15, 0.2) is 11.4 Å². The minimum absolute atomic E-state index is 0.0637. The zero-order valence-corrected chi connectivity index (χ0v) is 14.7. The summed E-state index contributed by atoms with van der Waals surface area (Å²) in [5.41, 5.74) is 0.820. The number of rotatable bonds is 5. The van der Waals surface area contributed by atoms with Crippen LogP contribution >= 0.6 is 0 Å². The number of aromatic carboxylic acids is 1. The van der Waals surface area contributed by atoms with Crippen molar-refractivity contribution in [1.29, 1.82) is 0 Å². The summed E-state index contributed by atoms with van der Waals surface area (Å²) in [7, 11) is 0. The molecule has 1 aromatic carbocycles. The van der Waals surface area contributed by atoms with Crippen LogP contribution in [0, 0.1) is 6.92 Å². The van der Waals surface area contributed by atoms with Gasteiger partial charge >= 0.3 is 12.1 Å². The van der Waals surface area contributed by atoms with E-state index in [2.05, 4.69) is 9.97 Å². The third kappa shape index (κ3) is 4.11. The van der Waals surface area contributed by atoms with Crippen LogP contribution in [0.4, 0.5) is 13.2 Å². The maximum atomic E-state index is 12.7. The van der Waals surface area contributed by atoms with Crippen LogP contribution in [0.1, 0.15) is 27.3 Å². The first-order valence-electron chi connectivity index (χ1n) is 8.20. The van der Waals surface area contributed by atoms with Gasteiger partial charge < -0.3 is 9.84 Å². The summed E-state index contributed by atoms with van der Waals surface area (Å²) in [6.45, 7) is 1.75. The Hall–Kier alpha value is -3.42. The average molecular weight is 388 g/mol. The number of nitrogens with zero attached hydrogens (tertiary/aromatic N) is 2. The van der Waals surface area contributed by atoms with E-state index in [9.17, 15) is 23.1 Å². The van der Waals surface area contributed by atoms with Crippen molar-refractivity contribution >= 4 is 5.97 Å². The topological polar surface area (TPSA) is 72.3 Å². The molecule has 0 amide bonds. The molecule has 0 atom stereocenters. The summed E-state index contributed by atoms with van der Waals surface area (Å²) >= 11 is 0. The predicted molar refractivity (Wildman–Crippen MR) is 94.9 cm³/mol. The zero-order valence-electron chi connectivity index (χ0n) is 14.7. The van der Waals surface area contributed by atoms with Crippen LogP contribution in [-0.2, 0) is 12.8 Å². The van der Waals surface area contributed by atoms with E-state index >= 15 is 0 Å². The highest BCUT2D eigenvalue weighted by molar-refractivity contribution is 5.90. The highest BCUT2D eigenvalue weighted by Gasteiger charge is 2.32. The van der Waals surface area contributed by atoms with Gasteiger partial charge in [-0.1, -0.05) is 36.4 Å². The third-order valence-electron chi connectivity index (χ3n) is 4.08. The van der Waals surface area contributed by atoms with E-state index in [0.717, 1.165) is 17.8 Å². The number of hydrogen-bond donors (Lipinski definition) is 1. The van der Waals surface area contributed by atoms with Crippen LogP contribution in [0.25, 0.3) is 11.1 Å². The van der Waals surface area contributed by atoms with Crippen molar-refractivity contribution in [2.75, 3.05) is 0 Å². The number of pyridine rings is 2. The number of ether oxygens (including phenoxy) is 1. The highest BCUT2D eigenvalue weighted by Crippen LogP contribution is 2.34. The van der Waals surface area contributed by atoms with Crippen LogP contribution in [0.3, 0.4) is 0 Å². The van der Waals surface area contributed by atoms with E-state index in [0.29, 0.717) is 16.7 Å². The molecule has 3 aromatic rings. The Morgan fingerprint density at radius 3 is 2.36 bits per heavy atom. The zero-order chi connectivity index (χ0) is 20.3. The fourth-order valence-corrected chi connectivity index (χ4v) is 2.66. The second-order valence-electron chi connectivity index (χ2n) is 5.98. The molecule has 2 aromatic heterocycles. The van der Waals surface area contributed by atoms with Crippen LogP contribution in [0.2, 0.25) is 0 Å². The van der Waals surface area contributed by atoms with Gasteiger partial charge in [0.05, 0.1) is 0 Å². The van der Waals surface area contributed by atoms with Crippen molar-refractivity contribution < 1.29 is 27.8 Å². The monoisotopic (exact) mass is 388 g/mol. The molecule has 0 aliphatic rings. The lowest BCUT2D eigenvalue weighted by molar-refractivity contribution is -0.141. The molecule has 0 radical (unpaired) electrons. The Bertz CT molecular complexity index is 988. The Balaban J connectivity index is 1.98. The first-order chi connectivity index (χ1) is 13.3. The Morgan fingerprint density at radius 2 is 1.79 bits per heavy atom. The van der Waals surface area contributed by atoms with Gasteiger partial charge in [0.1, 0.15) is 12.3 Å². The Morgan fingerprint density at radius 1 is 1.07 bits per heavy atom. The molecule has 2 heterocycles. The van der Waals surface area contributed by atoms with E-state index in [-0.39, 0.29) is 18.1 Å². The van der Waals surface area contributed by atoms with E-state index in [1.165, 1.54) is 12.3 Å². The number of benzene rings is 1. The number of carboxylic acid groups (broad SMARTS) is 1. The molecule has 144 valence electrons. The summed E-state index contributed by atoms with van der Waals surface area (Å²) in [6.07, 6.45) is -2.17. The summed E-state index contributed by atoms with van der Waals surface area (Å²) in [4.78, 5) is 18.9. The molecule has 1 N–H and O–H groups in total. The lowest BCUT2D eigenvalue weighted by atomic mass is 10.0. The quantitative estimate of drug-likeness (QED) is 0.683. The fraction of sp³-hybridized carbons (Fsp3) is 0.150. The third-order valence-corrected chi connectivity index (χ3v) is 4.08. The van der Waals surface area contributed by atoms with Crippen molar-refractivity contribution in [2.24, 2.45) is 0 Å². The molecule has 0 fully saturated rings. The van der Waals surface area contributed by atoms with E-state index in [1.807, 2.05) is 30.3 Å². The maximum absolute atomic E-state index is 12.7. The largest absolute Gasteiger partial charge is 0.486 e. The summed E-state index contributed by atoms with van der Waals surface area (Å²) in [5, 5.41) is 9.39. The van der Waals surface area contributed by atoms with E-state index in [4.69, 9.17) is 4.74 Å². The second-order valence-corrected chi connectivity index (χ2v) is 5.98. The minimum Gasteiger partial charge on any atom is -0.486 e. The molecule has 0 bridgehead atoms. The average Bonchev–Trinajstić information content (AvgIpc) is 2.67. The first-order valence-corrected chi connectivity index (χ1v) is 8.20. The molecule has 0 aliphatic carbocycles. The van der Waals surface area contributed by atoms with Gasteiger partial charge in [-0.2, -0.15) is 13.2 Å². The molecule has 0 saturated heterocycles. The van der Waals surface area contributed by atoms with Crippen molar-refractivity contribution in [3.05, 3.63) is 77.4 Å². The lowest BCUT2D eigenvalue weighted by Gasteiger charge is -2.15. The molecule has 5 nitrogen and oxygen atoms in total. The molecule has 0 unspecified atom stereocenters. The van der Waals surface area contributed by atoms with E-state index < -0.39 is 17.8 Å². The van der Waals surface area contributed by atoms with Crippen LogP contribution < -0.4 is 4.74 Å². The van der Waals surface area contributed by atoms with E-state index in [1.54, 1.807) is 6.92 Å². The number of hydrogen-bond acceptors (Lipinski definition) is 4. The fourth-order valence-electron chi connectivity index (χ4n) is 2.66. The summed E-state index contributed by atoms with van der Waals surface area (Å²) in [6, 6.07) is 11.3. The van der Waals surface area contributed by atoms with Crippen molar-refractivity contribution in [3.8, 4) is 16.9 Å². The molecule has 0 spiro atoms. The molecular formula is C20H15F3N2O3. The van der Waals surface area contributed by atoms with Crippen molar-refractivity contribution in [2.45, 2.75) is 19.7 Å². The van der Waals surface area contributed by atoms with Crippen LogP contribution in [0.5, 0.6) is 5.75 Å². The van der Waals surface area contributed by atoms with Crippen LogP contribution in [0.15, 0.2) is 54.9 Å². The van der Waals surface area contributed by atoms with Gasteiger partial charge in [-0.15, -0.1) is 0 Å². The number of carbonyl (C=O) groups is 1. The lowest BCUT2D eigenvalue weighted by Crippen LogP contribution is -2.09. The highest BCUT2D eigenvalue weighted by atomic mass is 19.4. The molecule has 8 heteroatoms. The number of alkyl halides is 3. The van der Waals surface area contributed by atoms with Gasteiger partial charge in [0.2, 0.25) is 0 Å². The molecule has 28 heavy (non-hydrogen) atoms. The normalized spacial score (nSPS) is 11.3. The molecular weight excluding hydrogens is 373 g/mol. The van der Waals surface area contributed by atoms with Crippen LogP contribution in [-0.4, -0.2) is 21.0 Å². The molecule has 0 aliphatic heterocycles.